The molecule has 0 spiro atoms. The summed E-state index contributed by atoms with van der Waals surface area (Å²) in [6.07, 6.45) is 3.58. The van der Waals surface area contributed by atoms with Crippen molar-refractivity contribution in [1.29, 1.82) is 0 Å². The summed E-state index contributed by atoms with van der Waals surface area (Å²) in [7, 11) is 1.44. The monoisotopic (exact) mass is 540 g/mol. The molecular weight excluding hydrogens is 516 g/mol. The topological polar surface area (TPSA) is 144 Å². The van der Waals surface area contributed by atoms with Gasteiger partial charge in [0.15, 0.2) is 11.6 Å². The lowest BCUT2D eigenvalue weighted by molar-refractivity contribution is -0.384. The first-order valence-corrected chi connectivity index (χ1v) is 12.8. The molecule has 1 N–H and O–H groups in total. The molecule has 202 valence electrons. The molecule has 1 aliphatic heterocycles. The van der Waals surface area contributed by atoms with Crippen LogP contribution >= 0.6 is 0 Å². The van der Waals surface area contributed by atoms with Crippen LogP contribution < -0.4 is 9.64 Å². The summed E-state index contributed by atoms with van der Waals surface area (Å²) in [6.45, 7) is 1.59. The maximum Gasteiger partial charge on any atom is 0.269 e. The van der Waals surface area contributed by atoms with Gasteiger partial charge in [-0.3, -0.25) is 34.2 Å². The summed E-state index contributed by atoms with van der Waals surface area (Å²) < 4.78 is 5.56. The molecule has 10 heteroatoms. The second-order valence-corrected chi connectivity index (χ2v) is 10.4. The Balaban J connectivity index is 1.47. The van der Waals surface area contributed by atoms with Gasteiger partial charge in [-0.05, 0) is 50.0 Å². The van der Waals surface area contributed by atoms with E-state index in [2.05, 4.69) is 0 Å². The Morgan fingerprint density at radius 1 is 1.02 bits per heavy atom. The normalized spacial score (nSPS) is 25.7. The fourth-order valence-electron chi connectivity index (χ4n) is 6.63. The largest absolute Gasteiger partial charge is 0.508 e. The van der Waals surface area contributed by atoms with Gasteiger partial charge in [0.2, 0.25) is 11.8 Å². The van der Waals surface area contributed by atoms with Gasteiger partial charge in [0.05, 0.1) is 29.6 Å². The molecule has 3 aliphatic carbocycles. The summed E-state index contributed by atoms with van der Waals surface area (Å²) in [5.74, 6) is -3.82. The van der Waals surface area contributed by atoms with Gasteiger partial charge in [0.1, 0.15) is 11.5 Å². The van der Waals surface area contributed by atoms with Crippen LogP contribution in [0.15, 0.2) is 76.9 Å². The number of rotatable bonds is 4. The standard InChI is InChI=1S/C30H24N2O8/c1-14-11-23(34)22-13-21-18(25(27(22)28(14)35)19-8-7-17(33)12-24(19)40-2)9-10-20-26(21)30(37)31(29(20)36)15-3-5-16(6-4-15)32(38)39/h3-9,11-12,20-21,25-26,33H,10,13H2,1-2H3. The number of benzene rings is 2. The van der Waals surface area contributed by atoms with Gasteiger partial charge in [-0.2, -0.15) is 0 Å². The Morgan fingerprint density at radius 3 is 2.42 bits per heavy atom. The Kier molecular flexibility index (Phi) is 5.79. The van der Waals surface area contributed by atoms with Crippen molar-refractivity contribution in [3.63, 3.8) is 0 Å². The lowest BCUT2D eigenvalue weighted by atomic mass is 9.59. The average Bonchev–Trinajstić information content (AvgIpc) is 3.20. The Labute approximate surface area is 228 Å². The van der Waals surface area contributed by atoms with E-state index in [1.165, 1.54) is 49.6 Å². The second-order valence-electron chi connectivity index (χ2n) is 10.4. The number of nitrogens with zero attached hydrogens (tertiary/aromatic N) is 2. The van der Waals surface area contributed by atoms with E-state index in [0.29, 0.717) is 28.0 Å². The minimum Gasteiger partial charge on any atom is -0.508 e. The number of imide groups is 1. The highest BCUT2D eigenvalue weighted by atomic mass is 16.6. The van der Waals surface area contributed by atoms with Gasteiger partial charge in [0.25, 0.3) is 5.69 Å². The number of non-ortho nitro benzene ring substituents is 1. The molecule has 1 heterocycles. The summed E-state index contributed by atoms with van der Waals surface area (Å²) in [4.78, 5) is 65.8. The van der Waals surface area contributed by atoms with Crippen molar-refractivity contribution < 1.29 is 33.9 Å². The molecule has 2 amide bonds. The zero-order chi connectivity index (χ0) is 28.5. The van der Waals surface area contributed by atoms with Crippen molar-refractivity contribution >= 4 is 34.8 Å². The first kappa shape index (κ1) is 25.4. The molecule has 0 saturated carbocycles. The van der Waals surface area contributed by atoms with E-state index < -0.39 is 40.4 Å². The number of carbonyl (C=O) groups excluding carboxylic acids is 4. The number of phenolic OH excluding ortho intramolecular Hbond substituents is 1. The minimum atomic E-state index is -0.780. The molecule has 4 unspecified atom stereocenters. The van der Waals surface area contributed by atoms with Crippen LogP contribution in [0.2, 0.25) is 0 Å². The van der Waals surface area contributed by atoms with Gasteiger partial charge < -0.3 is 9.84 Å². The molecule has 40 heavy (non-hydrogen) atoms. The van der Waals surface area contributed by atoms with Crippen molar-refractivity contribution in [2.75, 3.05) is 12.0 Å². The summed E-state index contributed by atoms with van der Waals surface area (Å²) in [6, 6.07) is 9.80. The number of ketones is 2. The number of anilines is 1. The number of ether oxygens (including phenoxy) is 1. The molecule has 2 aromatic carbocycles. The van der Waals surface area contributed by atoms with Crippen LogP contribution in [0, 0.1) is 27.9 Å². The van der Waals surface area contributed by atoms with Crippen LogP contribution in [0.5, 0.6) is 11.5 Å². The number of allylic oxidation sites excluding steroid dienone is 6. The third-order valence-electron chi connectivity index (χ3n) is 8.41. The Hall–Kier alpha value is -4.86. The van der Waals surface area contributed by atoms with E-state index in [1.807, 2.05) is 6.08 Å². The van der Waals surface area contributed by atoms with Crippen LogP contribution in [0.3, 0.4) is 0 Å². The number of aromatic hydroxyl groups is 1. The zero-order valence-electron chi connectivity index (χ0n) is 21.6. The van der Waals surface area contributed by atoms with Crippen molar-refractivity contribution in [2.45, 2.75) is 25.7 Å². The van der Waals surface area contributed by atoms with E-state index in [-0.39, 0.29) is 41.5 Å². The van der Waals surface area contributed by atoms with Crippen molar-refractivity contribution in [3.05, 3.63) is 92.6 Å². The number of hydrogen-bond acceptors (Lipinski definition) is 8. The van der Waals surface area contributed by atoms with Crippen LogP contribution in [0.4, 0.5) is 11.4 Å². The molecule has 0 bridgehead atoms. The predicted octanol–water partition coefficient (Wildman–Crippen LogP) is 3.94. The molecule has 0 radical (unpaired) electrons. The molecule has 4 aliphatic rings. The summed E-state index contributed by atoms with van der Waals surface area (Å²) in [5, 5.41) is 21.2. The molecule has 2 aromatic rings. The van der Waals surface area contributed by atoms with Gasteiger partial charge >= 0.3 is 0 Å². The zero-order valence-corrected chi connectivity index (χ0v) is 21.6. The molecule has 6 rings (SSSR count). The highest BCUT2D eigenvalue weighted by molar-refractivity contribution is 6.25. The molecule has 1 fully saturated rings. The number of nitro groups is 1. The molecule has 1 saturated heterocycles. The fraction of sp³-hybridized carbons (Fsp3) is 0.267. The summed E-state index contributed by atoms with van der Waals surface area (Å²) >= 11 is 0. The first-order valence-electron chi connectivity index (χ1n) is 12.8. The number of carbonyl (C=O) groups is 4. The lowest BCUT2D eigenvalue weighted by Gasteiger charge is -2.42. The van der Waals surface area contributed by atoms with Crippen molar-refractivity contribution in [2.24, 2.45) is 17.8 Å². The number of phenols is 1. The third kappa shape index (κ3) is 3.63. The molecule has 10 nitrogen and oxygen atoms in total. The number of methoxy groups -OCH3 is 1. The molecular formula is C30H24N2O8. The fourth-order valence-corrected chi connectivity index (χ4v) is 6.63. The molecule has 0 aromatic heterocycles. The number of Topliss-reactive ketones (excluding diaryl/α,β-unsaturated/α-hetero) is 1. The highest BCUT2D eigenvalue weighted by Gasteiger charge is 2.56. The van der Waals surface area contributed by atoms with Gasteiger partial charge in [0, 0.05) is 46.4 Å². The highest BCUT2D eigenvalue weighted by Crippen LogP contribution is 2.56. The van der Waals surface area contributed by atoms with Crippen LogP contribution in [-0.2, 0) is 19.2 Å². The average molecular weight is 541 g/mol. The van der Waals surface area contributed by atoms with E-state index in [0.717, 1.165) is 10.5 Å². The SMILES string of the molecule is COc1cc(O)ccc1C1C2=CCC3C(=O)N(c4ccc([N+](=O)[O-])cc4)C(=O)C3C2CC2=C1C(=O)C(C)=CC2=O. The van der Waals surface area contributed by atoms with Crippen LogP contribution in [0.1, 0.15) is 31.2 Å². The van der Waals surface area contributed by atoms with E-state index in [1.54, 1.807) is 13.0 Å². The number of amides is 2. The van der Waals surface area contributed by atoms with E-state index in [4.69, 9.17) is 4.74 Å². The second kappa shape index (κ2) is 9.11. The third-order valence-corrected chi connectivity index (χ3v) is 8.41. The Bertz CT molecular complexity index is 1630. The van der Waals surface area contributed by atoms with E-state index in [9.17, 15) is 34.4 Å². The number of nitro benzene ring substituents is 1. The van der Waals surface area contributed by atoms with Gasteiger partial charge in [-0.15, -0.1) is 0 Å². The predicted molar refractivity (Wildman–Crippen MR) is 142 cm³/mol. The number of fused-ring (bicyclic) bond motifs is 3. The number of hydrogen-bond donors (Lipinski definition) is 1. The quantitative estimate of drug-likeness (QED) is 0.202. The summed E-state index contributed by atoms with van der Waals surface area (Å²) in [5.41, 5.74) is 2.37. The smallest absolute Gasteiger partial charge is 0.269 e. The van der Waals surface area contributed by atoms with Gasteiger partial charge in [-0.1, -0.05) is 17.7 Å². The van der Waals surface area contributed by atoms with E-state index >= 15 is 0 Å². The first-order chi connectivity index (χ1) is 19.1. The van der Waals surface area contributed by atoms with Crippen molar-refractivity contribution in [1.82, 2.24) is 0 Å². The lowest BCUT2D eigenvalue weighted by Crippen LogP contribution is -2.40. The Morgan fingerprint density at radius 2 is 1.75 bits per heavy atom. The van der Waals surface area contributed by atoms with Crippen molar-refractivity contribution in [3.8, 4) is 11.5 Å². The minimum absolute atomic E-state index is 0.0303. The van der Waals surface area contributed by atoms with Gasteiger partial charge in [-0.25, -0.2) is 0 Å². The van der Waals surface area contributed by atoms with Crippen LogP contribution in [-0.4, -0.2) is 40.5 Å². The maximum atomic E-state index is 13.9. The maximum absolute atomic E-state index is 13.9. The van der Waals surface area contributed by atoms with Crippen LogP contribution in [0.25, 0.3) is 0 Å². The molecule has 4 atom stereocenters.